The van der Waals surface area contributed by atoms with Crippen molar-refractivity contribution in [3.63, 3.8) is 0 Å². The standard InChI is InChI=1S/C48H55N11O8S/c1-5-31-12-7-8-13-33(31)27-59(38-15-9-6-11-29(38)2)41(62)23-22-39(60)50-24-10-14-36(45(64)53-30(3)28-68-4)55-40(61)21-20-37(47(66)67)56-44(63)32-16-18-34(19-17-32)51-25-35-26-52-43-42(54-35)46(65)58-48(49)57-43/h1,6-9,11-13,15-19,26,30,36-37,51H,10,14,20-25,27-28H2,2-4H3,(H,50,60)(H,53,64)(H,55,61)(H,56,63)(H,66,67)(H3,49,52,57,58,65)/t30-,36?,37+/m1/s1. The van der Waals surface area contributed by atoms with E-state index in [4.69, 9.17) is 12.2 Å². The monoisotopic (exact) mass is 945 g/mol. The highest BCUT2D eigenvalue weighted by molar-refractivity contribution is 7.98. The minimum Gasteiger partial charge on any atom is -0.480 e. The van der Waals surface area contributed by atoms with Crippen LogP contribution in [0.1, 0.15) is 78.2 Å². The zero-order valence-electron chi connectivity index (χ0n) is 38.0. The van der Waals surface area contributed by atoms with E-state index in [9.17, 15) is 38.7 Å². The second kappa shape index (κ2) is 25.2. The predicted octanol–water partition coefficient (Wildman–Crippen LogP) is 3.42. The molecule has 3 atom stereocenters. The molecule has 5 amide bonds. The minimum absolute atomic E-state index is 0.0291. The third-order valence-corrected chi connectivity index (χ3v) is 11.4. The summed E-state index contributed by atoms with van der Waals surface area (Å²) in [5.41, 5.74) is 9.42. The van der Waals surface area contributed by atoms with Gasteiger partial charge in [-0.05, 0) is 86.9 Å². The first kappa shape index (κ1) is 51.2. The molecule has 1 unspecified atom stereocenters. The molecule has 2 heterocycles. The van der Waals surface area contributed by atoms with Gasteiger partial charge in [0.15, 0.2) is 11.2 Å². The maximum absolute atomic E-state index is 13.6. The number of hydrogen-bond donors (Lipinski definition) is 8. The normalized spacial score (nSPS) is 12.1. The van der Waals surface area contributed by atoms with Crippen molar-refractivity contribution in [2.24, 2.45) is 0 Å². The molecule has 20 heteroatoms. The van der Waals surface area contributed by atoms with E-state index in [1.807, 2.05) is 68.6 Å². The third kappa shape index (κ3) is 15.1. The van der Waals surface area contributed by atoms with Crippen LogP contribution >= 0.6 is 11.8 Å². The van der Waals surface area contributed by atoms with Crippen LogP contribution in [0.4, 0.5) is 17.3 Å². The van der Waals surface area contributed by atoms with Crippen LogP contribution in [-0.4, -0.2) is 97.2 Å². The number of rotatable bonds is 24. The zero-order valence-corrected chi connectivity index (χ0v) is 38.8. The number of carboxylic acid groups (broad SMARTS) is 1. The molecular formula is C48H55N11O8S. The Morgan fingerprint density at radius 1 is 0.897 bits per heavy atom. The fourth-order valence-corrected chi connectivity index (χ4v) is 7.64. The van der Waals surface area contributed by atoms with Crippen molar-refractivity contribution >= 4 is 75.8 Å². The molecule has 0 aliphatic carbocycles. The van der Waals surface area contributed by atoms with E-state index in [0.29, 0.717) is 34.8 Å². The van der Waals surface area contributed by atoms with Gasteiger partial charge < -0.3 is 42.3 Å². The van der Waals surface area contributed by atoms with Crippen molar-refractivity contribution < 1.29 is 33.9 Å². The number of anilines is 3. The number of aromatic amines is 1. The number of nitrogens with one attached hydrogen (secondary N) is 6. The second-order valence-corrected chi connectivity index (χ2v) is 16.8. The van der Waals surface area contributed by atoms with Crippen molar-refractivity contribution in [2.75, 3.05) is 34.5 Å². The Hall–Kier alpha value is -7.79. The van der Waals surface area contributed by atoms with Gasteiger partial charge in [0.2, 0.25) is 29.6 Å². The highest BCUT2D eigenvalue weighted by atomic mass is 32.2. The van der Waals surface area contributed by atoms with E-state index in [2.05, 4.69) is 52.4 Å². The van der Waals surface area contributed by atoms with Crippen LogP contribution in [-0.2, 0) is 37.1 Å². The van der Waals surface area contributed by atoms with Crippen molar-refractivity contribution in [3.05, 3.63) is 117 Å². The fraction of sp³-hybridized carbons (Fsp3) is 0.333. The summed E-state index contributed by atoms with van der Waals surface area (Å²) >= 11 is 1.53. The van der Waals surface area contributed by atoms with Crippen LogP contribution in [0.5, 0.6) is 0 Å². The summed E-state index contributed by atoms with van der Waals surface area (Å²) < 4.78 is 0. The number of para-hydroxylation sites is 1. The SMILES string of the molecule is C#Cc1ccccc1CN(C(=O)CCC(=O)NCCCC(NC(=O)CC[C@H](NC(=O)c1ccc(NCc2cnc3nc(N)[nH]c(=O)c3n2)cc1)C(=O)O)C(=O)N[C@H](C)CSC)c1ccccc1C. The minimum atomic E-state index is -1.43. The van der Waals surface area contributed by atoms with E-state index < -0.39 is 41.3 Å². The molecule has 0 fully saturated rings. The van der Waals surface area contributed by atoms with Gasteiger partial charge in [0, 0.05) is 60.1 Å². The van der Waals surface area contributed by atoms with Crippen LogP contribution < -0.4 is 42.8 Å². The van der Waals surface area contributed by atoms with Crippen LogP contribution in [0.15, 0.2) is 83.8 Å². The number of thioether (sulfide) groups is 1. The summed E-state index contributed by atoms with van der Waals surface area (Å²) in [4.78, 5) is 107. The topological polar surface area (TPSA) is 284 Å². The lowest BCUT2D eigenvalue weighted by atomic mass is 10.1. The molecule has 0 aliphatic heterocycles. The van der Waals surface area contributed by atoms with Gasteiger partial charge in [-0.1, -0.05) is 42.3 Å². The van der Waals surface area contributed by atoms with Gasteiger partial charge in [-0.15, -0.1) is 6.42 Å². The van der Waals surface area contributed by atoms with Gasteiger partial charge in [0.05, 0.1) is 25.0 Å². The number of aliphatic carboxylic acids is 1. The van der Waals surface area contributed by atoms with Crippen molar-refractivity contribution in [3.8, 4) is 12.3 Å². The molecule has 356 valence electrons. The number of H-pyrrole nitrogens is 1. The zero-order chi connectivity index (χ0) is 49.2. The van der Waals surface area contributed by atoms with Crippen LogP contribution in [0.3, 0.4) is 0 Å². The van der Waals surface area contributed by atoms with Gasteiger partial charge in [-0.2, -0.15) is 16.7 Å². The van der Waals surface area contributed by atoms with Crippen LogP contribution in [0, 0.1) is 19.3 Å². The Labute approximate surface area is 397 Å². The fourth-order valence-electron chi connectivity index (χ4n) is 7.05. The van der Waals surface area contributed by atoms with Gasteiger partial charge in [-0.25, -0.2) is 14.8 Å². The number of nitrogens with zero attached hydrogens (tertiary/aromatic N) is 4. The molecule has 0 aliphatic rings. The summed E-state index contributed by atoms with van der Waals surface area (Å²) in [6.07, 6.45) is 8.75. The third-order valence-electron chi connectivity index (χ3n) is 10.6. The number of carboxylic acids is 1. The van der Waals surface area contributed by atoms with Crippen LogP contribution in [0.2, 0.25) is 0 Å². The first-order chi connectivity index (χ1) is 32.6. The number of terminal acetylenes is 1. The molecule has 0 radical (unpaired) electrons. The van der Waals surface area contributed by atoms with E-state index >= 15 is 0 Å². The molecule has 5 aromatic rings. The van der Waals surface area contributed by atoms with Gasteiger partial charge in [0.25, 0.3) is 11.5 Å². The predicted molar refractivity (Wildman–Crippen MR) is 260 cm³/mol. The smallest absolute Gasteiger partial charge is 0.326 e. The Bertz CT molecular complexity index is 2710. The number of nitrogen functional groups attached to an aromatic ring is 1. The van der Waals surface area contributed by atoms with Crippen LogP contribution in [0.25, 0.3) is 11.2 Å². The molecule has 19 nitrogen and oxygen atoms in total. The lowest BCUT2D eigenvalue weighted by Crippen LogP contribution is -2.50. The molecule has 68 heavy (non-hydrogen) atoms. The highest BCUT2D eigenvalue weighted by Gasteiger charge is 2.26. The molecule has 0 saturated heterocycles. The number of aryl methyl sites for hydroxylation is 1. The van der Waals surface area contributed by atoms with Gasteiger partial charge in [0.1, 0.15) is 12.1 Å². The number of amides is 5. The molecule has 5 rings (SSSR count). The number of aromatic nitrogens is 4. The average molecular weight is 946 g/mol. The molecule has 0 bridgehead atoms. The van der Waals surface area contributed by atoms with Crippen molar-refractivity contribution in [2.45, 2.75) is 83.6 Å². The summed E-state index contributed by atoms with van der Waals surface area (Å²) in [6.45, 7) is 4.29. The largest absolute Gasteiger partial charge is 0.480 e. The van der Waals surface area contributed by atoms with Gasteiger partial charge >= 0.3 is 5.97 Å². The highest BCUT2D eigenvalue weighted by Crippen LogP contribution is 2.24. The second-order valence-electron chi connectivity index (χ2n) is 15.9. The Balaban J connectivity index is 1.10. The van der Waals surface area contributed by atoms with E-state index in [1.54, 1.807) is 17.0 Å². The molecule has 9 N–H and O–H groups in total. The molecule has 0 saturated carbocycles. The maximum atomic E-state index is 13.6. The molecule has 3 aromatic carbocycles. The number of nitrogens with two attached hydrogens (primary N) is 1. The quantitative estimate of drug-likeness (QED) is 0.0325. The summed E-state index contributed by atoms with van der Waals surface area (Å²) in [5, 5.41) is 23.9. The summed E-state index contributed by atoms with van der Waals surface area (Å²) in [5.74, 6) is -0.498. The molecule has 0 spiro atoms. The van der Waals surface area contributed by atoms with E-state index in [-0.39, 0.29) is 92.3 Å². The lowest BCUT2D eigenvalue weighted by molar-refractivity contribution is -0.139. The van der Waals surface area contributed by atoms with E-state index in [1.165, 1.54) is 30.1 Å². The van der Waals surface area contributed by atoms with Gasteiger partial charge in [-0.3, -0.25) is 33.8 Å². The Morgan fingerprint density at radius 2 is 1.63 bits per heavy atom. The summed E-state index contributed by atoms with van der Waals surface area (Å²) in [6, 6.07) is 18.4. The number of benzene rings is 3. The van der Waals surface area contributed by atoms with Crippen molar-refractivity contribution in [1.82, 2.24) is 41.2 Å². The molecule has 2 aromatic heterocycles. The first-order valence-electron chi connectivity index (χ1n) is 21.8. The van der Waals surface area contributed by atoms with Crippen molar-refractivity contribution in [1.29, 1.82) is 0 Å². The first-order valence-corrected chi connectivity index (χ1v) is 23.2. The number of carbonyl (C=O) groups is 6. The average Bonchev–Trinajstić information content (AvgIpc) is 3.32. The Morgan fingerprint density at radius 3 is 2.35 bits per heavy atom. The number of carbonyl (C=O) groups excluding carboxylic acids is 5. The van der Waals surface area contributed by atoms with E-state index in [0.717, 1.165) is 11.1 Å². The number of hydrogen-bond acceptors (Lipinski definition) is 13. The number of fused-ring (bicyclic) bond motifs is 1. The lowest BCUT2D eigenvalue weighted by Gasteiger charge is -2.25. The summed E-state index contributed by atoms with van der Waals surface area (Å²) in [7, 11) is 0. The molecular weight excluding hydrogens is 891 g/mol. The maximum Gasteiger partial charge on any atom is 0.326 e. The Kier molecular flexibility index (Phi) is 19.0.